The topological polar surface area (TPSA) is 125 Å². The van der Waals surface area contributed by atoms with Crippen molar-refractivity contribution in [3.8, 4) is 23.0 Å². The molecule has 0 unspecified atom stereocenters. The third kappa shape index (κ3) is 6.79. The van der Waals surface area contributed by atoms with Crippen LogP contribution >= 0.6 is 0 Å². The molecular weight excluding hydrogens is 540 g/mol. The second-order valence-corrected chi connectivity index (χ2v) is 9.72. The number of ketones is 1. The van der Waals surface area contributed by atoms with Crippen LogP contribution in [0.3, 0.4) is 0 Å². The molecule has 1 saturated heterocycles. The van der Waals surface area contributed by atoms with Crippen molar-refractivity contribution in [2.75, 3.05) is 18.1 Å². The Morgan fingerprint density at radius 3 is 1.86 bits per heavy atom. The van der Waals surface area contributed by atoms with E-state index in [0.717, 1.165) is 5.56 Å². The predicted octanol–water partition coefficient (Wildman–Crippen LogP) is 6.27. The van der Waals surface area contributed by atoms with Crippen molar-refractivity contribution in [1.82, 2.24) is 0 Å². The fraction of sp³-hybridized carbons (Fsp3) is 0.156. The van der Waals surface area contributed by atoms with Crippen molar-refractivity contribution < 1.29 is 33.5 Å². The molecule has 0 saturated carbocycles. The highest BCUT2D eigenvalue weighted by atomic mass is 16.6. The van der Waals surface area contributed by atoms with Gasteiger partial charge in [0.1, 0.15) is 23.0 Å². The zero-order chi connectivity index (χ0) is 29.6. The summed E-state index contributed by atoms with van der Waals surface area (Å²) >= 11 is 0. The number of ether oxygens (including phenoxy) is 3. The number of rotatable bonds is 10. The van der Waals surface area contributed by atoms with Crippen molar-refractivity contribution in [3.63, 3.8) is 0 Å². The number of anilines is 1. The molecular formula is C32H26N2O8. The van der Waals surface area contributed by atoms with Crippen LogP contribution in [0.25, 0.3) is 0 Å². The number of hydrogen-bond acceptors (Lipinski definition) is 8. The lowest BCUT2D eigenvalue weighted by molar-refractivity contribution is -0.384. The molecule has 10 heteroatoms. The zero-order valence-corrected chi connectivity index (χ0v) is 22.6. The summed E-state index contributed by atoms with van der Waals surface area (Å²) in [7, 11) is 0. The predicted molar refractivity (Wildman–Crippen MR) is 153 cm³/mol. The molecule has 0 aliphatic carbocycles. The van der Waals surface area contributed by atoms with Gasteiger partial charge < -0.3 is 19.1 Å². The van der Waals surface area contributed by atoms with E-state index in [1.165, 1.54) is 41.3 Å². The monoisotopic (exact) mass is 566 g/mol. The summed E-state index contributed by atoms with van der Waals surface area (Å²) in [6, 6.07) is 26.5. The Bertz CT molecular complexity index is 1600. The number of carbonyl (C=O) groups is 3. The number of esters is 1. The average molecular weight is 567 g/mol. The van der Waals surface area contributed by atoms with Crippen molar-refractivity contribution in [1.29, 1.82) is 0 Å². The van der Waals surface area contributed by atoms with E-state index in [9.17, 15) is 24.5 Å². The summed E-state index contributed by atoms with van der Waals surface area (Å²) < 4.78 is 16.7. The van der Waals surface area contributed by atoms with Gasteiger partial charge in [0.05, 0.1) is 10.8 Å². The standard InChI is InChI=1S/C32H26N2O8/c1-21-2-10-26(11-3-21)41-28-14-6-24(7-15-28)33-19-23(18-31(33)36)32(37)40-20-30(35)22-4-12-27(13-5-22)42-29-16-8-25(9-17-29)34(38)39/h2-17,23H,18-20H2,1H3/t23-/m1/s1. The Morgan fingerprint density at radius 2 is 1.31 bits per heavy atom. The van der Waals surface area contributed by atoms with Crippen LogP contribution in [0, 0.1) is 23.0 Å². The summed E-state index contributed by atoms with van der Waals surface area (Å²) in [5.74, 6) is 0.235. The smallest absolute Gasteiger partial charge is 0.311 e. The van der Waals surface area contributed by atoms with Crippen LogP contribution < -0.4 is 14.4 Å². The Labute approximate surface area is 241 Å². The quantitative estimate of drug-likeness (QED) is 0.0952. The van der Waals surface area contributed by atoms with Crippen molar-refractivity contribution in [3.05, 3.63) is 118 Å². The fourth-order valence-corrected chi connectivity index (χ4v) is 4.37. The molecule has 0 N–H and O–H groups in total. The van der Waals surface area contributed by atoms with Gasteiger partial charge in [-0.1, -0.05) is 17.7 Å². The molecule has 4 aromatic rings. The molecule has 1 fully saturated rings. The van der Waals surface area contributed by atoms with Gasteiger partial charge in [0.25, 0.3) is 5.69 Å². The fourth-order valence-electron chi connectivity index (χ4n) is 4.37. The number of Topliss-reactive ketones (excluding diaryl/α,β-unsaturated/α-hetero) is 1. The molecule has 0 aromatic heterocycles. The molecule has 1 aliphatic heterocycles. The number of hydrogen-bond donors (Lipinski definition) is 0. The van der Waals surface area contributed by atoms with E-state index in [2.05, 4.69) is 0 Å². The minimum Gasteiger partial charge on any atom is -0.457 e. The van der Waals surface area contributed by atoms with Crippen LogP contribution in [-0.2, 0) is 14.3 Å². The molecule has 10 nitrogen and oxygen atoms in total. The summed E-state index contributed by atoms with van der Waals surface area (Å²) in [5, 5.41) is 10.8. The Hall–Kier alpha value is -5.51. The lowest BCUT2D eigenvalue weighted by Gasteiger charge is -2.17. The number of benzene rings is 4. The van der Waals surface area contributed by atoms with Gasteiger partial charge in [-0.25, -0.2) is 0 Å². The van der Waals surface area contributed by atoms with Crippen LogP contribution in [0.1, 0.15) is 22.3 Å². The molecule has 1 atom stereocenters. The molecule has 5 rings (SSSR count). The maximum absolute atomic E-state index is 12.7. The second-order valence-electron chi connectivity index (χ2n) is 9.72. The third-order valence-electron chi connectivity index (χ3n) is 6.67. The van der Waals surface area contributed by atoms with Crippen LogP contribution in [0.2, 0.25) is 0 Å². The van der Waals surface area contributed by atoms with Crippen molar-refractivity contribution in [2.45, 2.75) is 13.3 Å². The van der Waals surface area contributed by atoms with Crippen LogP contribution in [0.5, 0.6) is 23.0 Å². The van der Waals surface area contributed by atoms with Crippen LogP contribution in [-0.4, -0.2) is 35.7 Å². The SMILES string of the molecule is Cc1ccc(Oc2ccc(N3C[C@H](C(=O)OCC(=O)c4ccc(Oc5ccc([N+](=O)[O-])cc5)cc4)CC3=O)cc2)cc1. The number of non-ortho nitro benzene ring substituents is 1. The number of aryl methyl sites for hydroxylation is 1. The number of nitro benzene ring substituents is 1. The average Bonchev–Trinajstić information content (AvgIpc) is 3.39. The number of amides is 1. The van der Waals surface area contributed by atoms with Gasteiger partial charge in [0.15, 0.2) is 12.4 Å². The summed E-state index contributed by atoms with van der Waals surface area (Å²) in [4.78, 5) is 49.7. The first kappa shape index (κ1) is 28.0. The van der Waals surface area contributed by atoms with Crippen molar-refractivity contribution >= 4 is 29.0 Å². The van der Waals surface area contributed by atoms with Gasteiger partial charge >= 0.3 is 5.97 Å². The maximum Gasteiger partial charge on any atom is 0.311 e. The lowest BCUT2D eigenvalue weighted by atomic mass is 10.1. The van der Waals surface area contributed by atoms with E-state index in [-0.39, 0.29) is 24.6 Å². The third-order valence-corrected chi connectivity index (χ3v) is 6.67. The highest BCUT2D eigenvalue weighted by molar-refractivity contribution is 6.01. The van der Waals surface area contributed by atoms with Crippen molar-refractivity contribution in [2.24, 2.45) is 5.92 Å². The molecule has 0 bridgehead atoms. The van der Waals surface area contributed by atoms with Gasteiger partial charge in [-0.15, -0.1) is 0 Å². The molecule has 4 aromatic carbocycles. The van der Waals surface area contributed by atoms with E-state index in [4.69, 9.17) is 14.2 Å². The maximum atomic E-state index is 12.7. The molecule has 0 spiro atoms. The highest BCUT2D eigenvalue weighted by Gasteiger charge is 2.36. The summed E-state index contributed by atoms with van der Waals surface area (Å²) in [5.41, 5.74) is 2.03. The van der Waals surface area contributed by atoms with E-state index in [0.29, 0.717) is 34.2 Å². The second kappa shape index (κ2) is 12.3. The van der Waals surface area contributed by atoms with Gasteiger partial charge in [0.2, 0.25) is 5.91 Å². The zero-order valence-electron chi connectivity index (χ0n) is 22.6. The van der Waals surface area contributed by atoms with E-state index in [1.807, 2.05) is 31.2 Å². The Morgan fingerprint density at radius 1 is 0.810 bits per heavy atom. The van der Waals surface area contributed by atoms with Gasteiger partial charge in [-0.3, -0.25) is 24.5 Å². The highest BCUT2D eigenvalue weighted by Crippen LogP contribution is 2.29. The molecule has 0 radical (unpaired) electrons. The van der Waals surface area contributed by atoms with E-state index >= 15 is 0 Å². The molecule has 1 heterocycles. The molecule has 42 heavy (non-hydrogen) atoms. The first-order valence-corrected chi connectivity index (χ1v) is 13.1. The summed E-state index contributed by atoms with van der Waals surface area (Å²) in [6.07, 6.45) is -0.0106. The summed E-state index contributed by atoms with van der Waals surface area (Å²) in [6.45, 7) is 1.69. The van der Waals surface area contributed by atoms with Crippen LogP contribution in [0.15, 0.2) is 97.1 Å². The number of nitro groups is 1. The lowest BCUT2D eigenvalue weighted by Crippen LogP contribution is -2.27. The molecule has 1 aliphatic rings. The first-order valence-electron chi connectivity index (χ1n) is 13.1. The minimum atomic E-state index is -0.689. The largest absolute Gasteiger partial charge is 0.457 e. The van der Waals surface area contributed by atoms with Gasteiger partial charge in [-0.05, 0) is 79.7 Å². The van der Waals surface area contributed by atoms with E-state index < -0.39 is 29.2 Å². The Balaban J connectivity index is 1.10. The normalized spacial score (nSPS) is 14.4. The van der Waals surface area contributed by atoms with Crippen LogP contribution in [0.4, 0.5) is 11.4 Å². The number of nitrogens with zero attached hydrogens (tertiary/aromatic N) is 2. The first-order chi connectivity index (χ1) is 20.2. The van der Waals surface area contributed by atoms with E-state index in [1.54, 1.807) is 36.4 Å². The minimum absolute atomic E-state index is 0.0106. The number of carbonyl (C=O) groups excluding carboxylic acids is 3. The molecule has 1 amide bonds. The Kier molecular flexibility index (Phi) is 8.24. The molecule has 212 valence electrons. The van der Waals surface area contributed by atoms with Gasteiger partial charge in [0, 0.05) is 36.3 Å². The van der Waals surface area contributed by atoms with Gasteiger partial charge in [-0.2, -0.15) is 0 Å².